The van der Waals surface area contributed by atoms with Crippen molar-refractivity contribution in [1.29, 1.82) is 0 Å². The second-order valence-electron chi connectivity index (χ2n) is 1.75. The molecule has 4 nitrogen and oxygen atoms in total. The van der Waals surface area contributed by atoms with E-state index in [0.717, 1.165) is 0 Å². The summed E-state index contributed by atoms with van der Waals surface area (Å²) >= 11 is 0. The molecular formula is C6H6N2O2. The lowest BCUT2D eigenvalue weighted by atomic mass is 10.3. The predicted octanol–water partition coefficient (Wildman–Crippen LogP) is -0.0713. The van der Waals surface area contributed by atoms with Gasteiger partial charge in [-0.3, -0.25) is 9.51 Å². The average molecular weight is 138 g/mol. The van der Waals surface area contributed by atoms with Crippen molar-refractivity contribution in [3.8, 4) is 12.3 Å². The van der Waals surface area contributed by atoms with Crippen molar-refractivity contribution in [2.45, 2.75) is 12.8 Å². The molecule has 0 aliphatic rings. The highest BCUT2D eigenvalue weighted by Crippen LogP contribution is 1.89. The number of terminal acetylenes is 1. The molecule has 1 aromatic rings. The van der Waals surface area contributed by atoms with Gasteiger partial charge in [-0.1, -0.05) is 5.16 Å². The van der Waals surface area contributed by atoms with Crippen LogP contribution in [0.5, 0.6) is 0 Å². The third-order valence-electron chi connectivity index (χ3n) is 0.991. The zero-order valence-electron chi connectivity index (χ0n) is 5.26. The number of aromatic nitrogens is 2. The summed E-state index contributed by atoms with van der Waals surface area (Å²) in [5.41, 5.74) is 0. The topological polar surface area (TPSA) is 58.9 Å². The SMILES string of the molecule is C#CCCc1noc(=O)[nH]1. The fraction of sp³-hybridized carbons (Fsp3) is 0.333. The van der Waals surface area contributed by atoms with Crippen LogP contribution in [0.2, 0.25) is 0 Å². The van der Waals surface area contributed by atoms with Gasteiger partial charge in [-0.25, -0.2) is 4.79 Å². The molecule has 1 rings (SSSR count). The Morgan fingerprint density at radius 2 is 2.60 bits per heavy atom. The Kier molecular flexibility index (Phi) is 1.90. The van der Waals surface area contributed by atoms with Crippen LogP contribution in [0.1, 0.15) is 12.2 Å². The Hall–Kier alpha value is -1.50. The molecule has 4 heteroatoms. The van der Waals surface area contributed by atoms with Crippen LogP contribution in [0.4, 0.5) is 0 Å². The van der Waals surface area contributed by atoms with Gasteiger partial charge in [-0.15, -0.1) is 12.3 Å². The minimum absolute atomic E-state index is 0.503. The van der Waals surface area contributed by atoms with Gasteiger partial charge in [0.2, 0.25) is 0 Å². The van der Waals surface area contributed by atoms with Crippen molar-refractivity contribution in [3.05, 3.63) is 16.4 Å². The molecule has 0 bridgehead atoms. The van der Waals surface area contributed by atoms with E-state index in [4.69, 9.17) is 6.42 Å². The summed E-state index contributed by atoms with van der Waals surface area (Å²) in [6.07, 6.45) is 6.10. The van der Waals surface area contributed by atoms with E-state index in [2.05, 4.69) is 20.6 Å². The molecule has 0 spiro atoms. The highest BCUT2D eigenvalue weighted by atomic mass is 16.5. The summed E-state index contributed by atoms with van der Waals surface area (Å²) < 4.78 is 4.23. The minimum atomic E-state index is -0.535. The van der Waals surface area contributed by atoms with Crippen molar-refractivity contribution in [2.75, 3.05) is 0 Å². The first-order valence-corrected chi connectivity index (χ1v) is 2.81. The maximum Gasteiger partial charge on any atom is 0.438 e. The predicted molar refractivity (Wildman–Crippen MR) is 34.3 cm³/mol. The van der Waals surface area contributed by atoms with E-state index >= 15 is 0 Å². The van der Waals surface area contributed by atoms with Gasteiger partial charge in [0.1, 0.15) is 0 Å². The summed E-state index contributed by atoms with van der Waals surface area (Å²) in [6.45, 7) is 0. The number of nitrogens with zero attached hydrogens (tertiary/aromatic N) is 1. The minimum Gasteiger partial charge on any atom is -0.296 e. The molecule has 0 fully saturated rings. The Labute approximate surface area is 57.2 Å². The largest absolute Gasteiger partial charge is 0.438 e. The van der Waals surface area contributed by atoms with Crippen LogP contribution in [0, 0.1) is 12.3 Å². The smallest absolute Gasteiger partial charge is 0.296 e. The Balaban J connectivity index is 2.61. The molecule has 1 N–H and O–H groups in total. The highest BCUT2D eigenvalue weighted by molar-refractivity contribution is 4.89. The number of hydrogen-bond donors (Lipinski definition) is 1. The van der Waals surface area contributed by atoms with Crippen LogP contribution in [0.15, 0.2) is 9.32 Å². The van der Waals surface area contributed by atoms with Gasteiger partial charge in [0.05, 0.1) is 0 Å². The van der Waals surface area contributed by atoms with Crippen molar-refractivity contribution < 1.29 is 4.52 Å². The molecule has 0 aromatic carbocycles. The summed E-state index contributed by atoms with van der Waals surface area (Å²) in [5.74, 6) is 2.39. The number of H-pyrrole nitrogens is 1. The molecule has 0 aliphatic heterocycles. The summed E-state index contributed by atoms with van der Waals surface area (Å²) in [6, 6.07) is 0. The maximum absolute atomic E-state index is 10.3. The fourth-order valence-corrected chi connectivity index (χ4v) is 0.559. The van der Waals surface area contributed by atoms with Gasteiger partial charge in [0.15, 0.2) is 5.82 Å². The van der Waals surface area contributed by atoms with Gasteiger partial charge in [0.25, 0.3) is 0 Å². The summed E-state index contributed by atoms with van der Waals surface area (Å²) in [5, 5.41) is 3.41. The number of rotatable bonds is 2. The molecule has 0 radical (unpaired) electrons. The lowest BCUT2D eigenvalue weighted by Gasteiger charge is -1.82. The van der Waals surface area contributed by atoms with Crippen LogP contribution in [0.3, 0.4) is 0 Å². The normalized spacial score (nSPS) is 9.10. The monoisotopic (exact) mass is 138 g/mol. The molecular weight excluding hydrogens is 132 g/mol. The zero-order valence-corrected chi connectivity index (χ0v) is 5.26. The molecule has 52 valence electrons. The molecule has 0 unspecified atom stereocenters. The number of aryl methyl sites for hydroxylation is 1. The Morgan fingerprint density at radius 1 is 1.80 bits per heavy atom. The fourth-order valence-electron chi connectivity index (χ4n) is 0.559. The lowest BCUT2D eigenvalue weighted by Crippen LogP contribution is -1.96. The molecule has 1 aromatic heterocycles. The van der Waals surface area contributed by atoms with E-state index in [9.17, 15) is 4.79 Å². The average Bonchev–Trinajstić information content (AvgIpc) is 2.31. The third kappa shape index (κ3) is 1.49. The summed E-state index contributed by atoms with van der Waals surface area (Å²) in [4.78, 5) is 12.7. The molecule has 0 saturated carbocycles. The molecule has 0 amide bonds. The number of aromatic amines is 1. The standard InChI is InChI=1S/C6H6N2O2/c1-2-3-4-5-7-6(9)10-8-5/h1H,3-4H2,(H,7,8,9). The van der Waals surface area contributed by atoms with Crippen molar-refractivity contribution in [3.63, 3.8) is 0 Å². The van der Waals surface area contributed by atoms with Crippen LogP contribution >= 0.6 is 0 Å². The second-order valence-corrected chi connectivity index (χ2v) is 1.75. The zero-order chi connectivity index (χ0) is 7.40. The van der Waals surface area contributed by atoms with Crippen LogP contribution < -0.4 is 5.76 Å². The summed E-state index contributed by atoms with van der Waals surface area (Å²) in [7, 11) is 0. The van der Waals surface area contributed by atoms with E-state index in [-0.39, 0.29) is 0 Å². The van der Waals surface area contributed by atoms with Gasteiger partial charge in [0, 0.05) is 12.8 Å². The maximum atomic E-state index is 10.3. The number of hydrogen-bond acceptors (Lipinski definition) is 3. The molecule has 0 atom stereocenters. The van der Waals surface area contributed by atoms with E-state index in [1.54, 1.807) is 0 Å². The first-order chi connectivity index (χ1) is 4.83. The van der Waals surface area contributed by atoms with Crippen LogP contribution in [0.25, 0.3) is 0 Å². The third-order valence-corrected chi connectivity index (χ3v) is 0.991. The molecule has 1 heterocycles. The first kappa shape index (κ1) is 6.62. The van der Waals surface area contributed by atoms with E-state index in [1.165, 1.54) is 0 Å². The van der Waals surface area contributed by atoms with Gasteiger partial charge in [-0.05, 0) is 0 Å². The molecule has 10 heavy (non-hydrogen) atoms. The van der Waals surface area contributed by atoms with Crippen molar-refractivity contribution >= 4 is 0 Å². The lowest BCUT2D eigenvalue weighted by molar-refractivity contribution is 0.381. The van der Waals surface area contributed by atoms with Gasteiger partial charge < -0.3 is 0 Å². The van der Waals surface area contributed by atoms with E-state index < -0.39 is 5.76 Å². The van der Waals surface area contributed by atoms with Gasteiger partial charge in [-0.2, -0.15) is 0 Å². The highest BCUT2D eigenvalue weighted by Gasteiger charge is 1.96. The number of nitrogens with one attached hydrogen (secondary N) is 1. The Morgan fingerprint density at radius 3 is 3.10 bits per heavy atom. The Bertz CT molecular complexity index is 291. The van der Waals surface area contributed by atoms with Crippen molar-refractivity contribution in [1.82, 2.24) is 10.1 Å². The quantitative estimate of drug-likeness (QED) is 0.582. The van der Waals surface area contributed by atoms with Gasteiger partial charge >= 0.3 is 5.76 Å². The van der Waals surface area contributed by atoms with Crippen LogP contribution in [-0.2, 0) is 6.42 Å². The second kappa shape index (κ2) is 2.87. The molecule has 0 aliphatic carbocycles. The van der Waals surface area contributed by atoms with E-state index in [1.807, 2.05) is 0 Å². The molecule has 0 saturated heterocycles. The van der Waals surface area contributed by atoms with E-state index in [0.29, 0.717) is 18.7 Å². The first-order valence-electron chi connectivity index (χ1n) is 2.81. The van der Waals surface area contributed by atoms with Crippen LogP contribution in [-0.4, -0.2) is 10.1 Å². The van der Waals surface area contributed by atoms with Crippen molar-refractivity contribution in [2.24, 2.45) is 0 Å².